The fourth-order valence-electron chi connectivity index (χ4n) is 4.47. The number of alkyl halides is 2. The summed E-state index contributed by atoms with van der Waals surface area (Å²) in [5, 5.41) is 0. The molecule has 2 unspecified atom stereocenters. The molecule has 1 aliphatic heterocycles. The van der Waals surface area contributed by atoms with E-state index in [1.807, 2.05) is 13.0 Å². The molecule has 0 bridgehead atoms. The summed E-state index contributed by atoms with van der Waals surface area (Å²) in [6.45, 7) is 2.60. The van der Waals surface area contributed by atoms with Gasteiger partial charge in [0.2, 0.25) is 0 Å². The van der Waals surface area contributed by atoms with Gasteiger partial charge in [-0.25, -0.2) is 8.78 Å². The lowest BCUT2D eigenvalue weighted by atomic mass is 9.77. The van der Waals surface area contributed by atoms with Crippen LogP contribution in [0.3, 0.4) is 0 Å². The van der Waals surface area contributed by atoms with Crippen LogP contribution in [0.25, 0.3) is 0 Å². The average molecular weight is 464 g/mol. The molecule has 1 aromatic rings. The van der Waals surface area contributed by atoms with Gasteiger partial charge in [-0.3, -0.25) is 0 Å². The average Bonchev–Trinajstić information content (AvgIpc) is 2.73. The standard InChI is InChI=1S/C23H26F6O3/c1-2-3-14-4-9-20(30-12-14)15-5-7-16(8-6-15)23(28,29)32-17-10-18(24)22(19(25)11-17)31-13-21(26)27/h2-3,10-11,13-16,20H,4-9,12H2,1H3. The molecular weight excluding hydrogens is 438 g/mol. The second kappa shape index (κ2) is 10.6. The van der Waals surface area contributed by atoms with E-state index >= 15 is 0 Å². The SMILES string of the molecule is CC=CC1CCC(C2CCC(C(F)(F)Oc3cc(F)c(OC=C(F)F)c(F)c3)CC2)OC1. The minimum atomic E-state index is -3.64. The van der Waals surface area contributed by atoms with Gasteiger partial charge in [-0.1, -0.05) is 12.2 Å². The van der Waals surface area contributed by atoms with Crippen LogP contribution in [0, 0.1) is 29.4 Å². The van der Waals surface area contributed by atoms with Crippen molar-refractivity contribution < 1.29 is 40.6 Å². The van der Waals surface area contributed by atoms with Crippen molar-refractivity contribution in [1.29, 1.82) is 0 Å². The zero-order valence-corrected chi connectivity index (χ0v) is 17.6. The molecule has 1 saturated heterocycles. The van der Waals surface area contributed by atoms with Crippen molar-refractivity contribution in [3.05, 3.63) is 48.3 Å². The summed E-state index contributed by atoms with van der Waals surface area (Å²) in [5.41, 5.74) is 0. The quantitative estimate of drug-likeness (QED) is 0.242. The molecule has 1 saturated carbocycles. The topological polar surface area (TPSA) is 27.7 Å². The first kappa shape index (κ1) is 24.5. The molecule has 3 rings (SSSR count). The van der Waals surface area contributed by atoms with E-state index in [0.29, 0.717) is 37.5 Å². The van der Waals surface area contributed by atoms with E-state index in [0.717, 1.165) is 12.8 Å². The summed E-state index contributed by atoms with van der Waals surface area (Å²) in [7, 11) is 0. The van der Waals surface area contributed by atoms with Gasteiger partial charge in [0, 0.05) is 18.1 Å². The van der Waals surface area contributed by atoms with Crippen molar-refractivity contribution >= 4 is 0 Å². The van der Waals surface area contributed by atoms with Gasteiger partial charge in [-0.15, -0.1) is 0 Å². The fraction of sp³-hybridized carbons (Fsp3) is 0.565. The largest absolute Gasteiger partial charge is 0.453 e. The summed E-state index contributed by atoms with van der Waals surface area (Å²) in [5.74, 6) is -5.24. The second-order valence-electron chi connectivity index (χ2n) is 8.25. The number of ether oxygens (including phenoxy) is 3. The van der Waals surface area contributed by atoms with Crippen LogP contribution in [0.5, 0.6) is 11.5 Å². The first-order valence-corrected chi connectivity index (χ1v) is 10.7. The van der Waals surface area contributed by atoms with E-state index in [4.69, 9.17) is 4.74 Å². The van der Waals surface area contributed by atoms with Gasteiger partial charge in [-0.2, -0.15) is 17.6 Å². The van der Waals surface area contributed by atoms with Crippen LogP contribution in [0.1, 0.15) is 45.4 Å². The maximum atomic E-state index is 14.7. The Labute approximate surface area is 183 Å². The number of hydrogen-bond donors (Lipinski definition) is 0. The van der Waals surface area contributed by atoms with Gasteiger partial charge in [0.1, 0.15) is 5.75 Å². The van der Waals surface area contributed by atoms with E-state index in [9.17, 15) is 26.3 Å². The molecule has 2 atom stereocenters. The molecular formula is C23H26F6O3. The number of halogens is 6. The Morgan fingerprint density at radius 2 is 1.69 bits per heavy atom. The van der Waals surface area contributed by atoms with Gasteiger partial charge in [0.05, 0.1) is 18.6 Å². The molecule has 1 aromatic carbocycles. The lowest BCUT2D eigenvalue weighted by Crippen LogP contribution is -2.40. The molecule has 3 nitrogen and oxygen atoms in total. The molecule has 1 aliphatic carbocycles. The van der Waals surface area contributed by atoms with Gasteiger partial charge in [0.15, 0.2) is 23.6 Å². The van der Waals surface area contributed by atoms with Crippen LogP contribution in [-0.2, 0) is 4.74 Å². The van der Waals surface area contributed by atoms with Crippen molar-refractivity contribution in [3.8, 4) is 11.5 Å². The first-order valence-electron chi connectivity index (χ1n) is 10.7. The van der Waals surface area contributed by atoms with E-state index < -0.39 is 41.2 Å². The summed E-state index contributed by atoms with van der Waals surface area (Å²) in [6.07, 6.45) is 1.50. The highest BCUT2D eigenvalue weighted by Crippen LogP contribution is 2.43. The van der Waals surface area contributed by atoms with Crippen LogP contribution in [0.15, 0.2) is 36.6 Å². The Balaban J connectivity index is 1.56. The molecule has 178 valence electrons. The number of allylic oxidation sites excluding steroid dienone is 1. The van der Waals surface area contributed by atoms with Gasteiger partial charge in [-0.05, 0) is 51.4 Å². The molecule has 0 radical (unpaired) electrons. The minimum absolute atomic E-state index is 0.0611. The van der Waals surface area contributed by atoms with Crippen LogP contribution in [0.4, 0.5) is 26.3 Å². The molecule has 0 amide bonds. The second-order valence-corrected chi connectivity index (χ2v) is 8.25. The minimum Gasteiger partial charge on any atom is -0.453 e. The maximum Gasteiger partial charge on any atom is 0.400 e. The van der Waals surface area contributed by atoms with Crippen molar-refractivity contribution in [2.75, 3.05) is 6.61 Å². The number of benzene rings is 1. The molecule has 0 aromatic heterocycles. The third-order valence-corrected chi connectivity index (χ3v) is 6.08. The summed E-state index contributed by atoms with van der Waals surface area (Å²) >= 11 is 0. The summed E-state index contributed by atoms with van der Waals surface area (Å²) < 4.78 is 96.1. The van der Waals surface area contributed by atoms with E-state index in [2.05, 4.69) is 15.5 Å². The van der Waals surface area contributed by atoms with Crippen LogP contribution in [0.2, 0.25) is 0 Å². The molecule has 9 heteroatoms. The van der Waals surface area contributed by atoms with E-state index in [1.165, 1.54) is 0 Å². The smallest absolute Gasteiger partial charge is 0.400 e. The van der Waals surface area contributed by atoms with Crippen LogP contribution >= 0.6 is 0 Å². The lowest BCUT2D eigenvalue weighted by molar-refractivity contribution is -0.225. The predicted octanol–water partition coefficient (Wildman–Crippen LogP) is 7.23. The van der Waals surface area contributed by atoms with E-state index in [-0.39, 0.29) is 31.1 Å². The highest BCUT2D eigenvalue weighted by atomic mass is 19.3. The Hall–Kier alpha value is -2.16. The highest BCUT2D eigenvalue weighted by molar-refractivity contribution is 5.35. The van der Waals surface area contributed by atoms with Crippen molar-refractivity contribution in [2.45, 2.75) is 57.7 Å². The van der Waals surface area contributed by atoms with Crippen molar-refractivity contribution in [3.63, 3.8) is 0 Å². The van der Waals surface area contributed by atoms with Crippen molar-refractivity contribution in [2.24, 2.45) is 17.8 Å². The summed E-state index contributed by atoms with van der Waals surface area (Å²) in [6, 6.07) is 0.970. The molecule has 32 heavy (non-hydrogen) atoms. The highest BCUT2D eigenvalue weighted by Gasteiger charge is 2.45. The van der Waals surface area contributed by atoms with Crippen LogP contribution < -0.4 is 9.47 Å². The van der Waals surface area contributed by atoms with Crippen molar-refractivity contribution in [1.82, 2.24) is 0 Å². The molecule has 1 heterocycles. The Morgan fingerprint density at radius 3 is 2.22 bits per heavy atom. The maximum absolute atomic E-state index is 14.7. The van der Waals surface area contributed by atoms with Gasteiger partial charge < -0.3 is 14.2 Å². The van der Waals surface area contributed by atoms with Crippen LogP contribution in [-0.4, -0.2) is 18.8 Å². The third kappa shape index (κ3) is 6.21. The molecule has 0 N–H and O–H groups in total. The molecule has 2 fully saturated rings. The monoisotopic (exact) mass is 464 g/mol. The first-order chi connectivity index (χ1) is 15.2. The normalized spacial score (nSPS) is 26.7. The Kier molecular flexibility index (Phi) is 8.14. The Morgan fingerprint density at radius 1 is 1.03 bits per heavy atom. The third-order valence-electron chi connectivity index (χ3n) is 6.08. The van der Waals surface area contributed by atoms with E-state index in [1.54, 1.807) is 0 Å². The number of hydrogen-bond acceptors (Lipinski definition) is 3. The van der Waals surface area contributed by atoms with Gasteiger partial charge >= 0.3 is 12.2 Å². The molecule has 2 aliphatic rings. The lowest BCUT2D eigenvalue weighted by Gasteiger charge is -2.38. The zero-order valence-electron chi connectivity index (χ0n) is 17.6. The number of rotatable bonds is 7. The fourth-order valence-corrected chi connectivity index (χ4v) is 4.47. The Bertz CT molecular complexity index is 798. The van der Waals surface area contributed by atoms with Gasteiger partial charge in [0.25, 0.3) is 0 Å². The predicted molar refractivity (Wildman–Crippen MR) is 106 cm³/mol. The molecule has 0 spiro atoms. The summed E-state index contributed by atoms with van der Waals surface area (Å²) in [4.78, 5) is 0. The zero-order chi connectivity index (χ0) is 23.3.